The first kappa shape index (κ1) is 8.35. The largest absolute Gasteiger partial charge is 0.409 e. The highest BCUT2D eigenvalue weighted by Crippen LogP contribution is 2.08. The molecule has 0 bridgehead atoms. The molecule has 62 valence electrons. The van der Waals surface area contributed by atoms with Crippen LogP contribution in [0, 0.1) is 0 Å². The molecule has 5 nitrogen and oxygen atoms in total. The van der Waals surface area contributed by atoms with Crippen molar-refractivity contribution in [1.29, 1.82) is 0 Å². The maximum Gasteiger partial charge on any atom is 0.409 e. The predicted octanol–water partition coefficient (Wildman–Crippen LogP) is -0.500. The monoisotopic (exact) mass is 197 g/mol. The third-order valence-corrected chi connectivity index (χ3v) is 2.01. The van der Waals surface area contributed by atoms with Crippen LogP contribution in [0.1, 0.15) is 0 Å². The predicted molar refractivity (Wildman–Crippen MR) is 37.0 cm³/mol. The van der Waals surface area contributed by atoms with Crippen LogP contribution < -0.4 is 4.72 Å². The minimum atomic E-state index is -3.95. The summed E-state index contributed by atoms with van der Waals surface area (Å²) in [6, 6.07) is 0. The van der Waals surface area contributed by atoms with E-state index in [0.717, 1.165) is 6.08 Å². The van der Waals surface area contributed by atoms with Crippen molar-refractivity contribution in [3.63, 3.8) is 0 Å². The number of amides is 1. The van der Waals surface area contributed by atoms with Gasteiger partial charge >= 0.3 is 10.3 Å². The number of carbonyl (C=O) groups is 1. The Bertz CT molecular complexity index is 306. The van der Waals surface area contributed by atoms with Crippen LogP contribution in [0.2, 0.25) is 0 Å². The molecule has 7 heteroatoms. The van der Waals surface area contributed by atoms with Crippen molar-refractivity contribution in [3.05, 3.63) is 11.8 Å². The third-order valence-electron chi connectivity index (χ3n) is 0.866. The van der Waals surface area contributed by atoms with Gasteiger partial charge in [0.15, 0.2) is 0 Å². The zero-order chi connectivity index (χ0) is 8.48. The fourth-order valence-electron chi connectivity index (χ4n) is 0.546. The molecule has 1 heterocycles. The van der Waals surface area contributed by atoms with Crippen LogP contribution in [0.5, 0.6) is 0 Å². The minimum Gasteiger partial charge on any atom is -0.370 e. The van der Waals surface area contributed by atoms with Gasteiger partial charge in [0.05, 0.1) is 5.88 Å². The number of allylic oxidation sites excluding steroid dienone is 1. The highest BCUT2D eigenvalue weighted by molar-refractivity contribution is 7.85. The highest BCUT2D eigenvalue weighted by atomic mass is 35.5. The Morgan fingerprint density at radius 2 is 2.27 bits per heavy atom. The van der Waals surface area contributed by atoms with Crippen molar-refractivity contribution in [2.75, 3.05) is 5.88 Å². The van der Waals surface area contributed by atoms with E-state index in [-0.39, 0.29) is 11.6 Å². The fraction of sp³-hybridized carbons (Fsp3) is 0.250. The van der Waals surface area contributed by atoms with Crippen molar-refractivity contribution in [1.82, 2.24) is 4.72 Å². The number of hydrogen-bond acceptors (Lipinski definition) is 4. The summed E-state index contributed by atoms with van der Waals surface area (Å²) >= 11 is 5.24. The number of alkyl halides is 1. The zero-order valence-electron chi connectivity index (χ0n) is 5.20. The topological polar surface area (TPSA) is 72.5 Å². The van der Waals surface area contributed by atoms with Crippen LogP contribution in [0.3, 0.4) is 0 Å². The molecular formula is C4H4ClNO4S. The number of nitrogens with one attached hydrogen (secondary N) is 1. The standard InChI is InChI=1S/C4H4ClNO4S/c5-2-3-1-4(7)6-11(8,9)10-3/h1H,2H2,(H,6,7). The molecule has 11 heavy (non-hydrogen) atoms. The lowest BCUT2D eigenvalue weighted by Crippen LogP contribution is -2.34. The van der Waals surface area contributed by atoms with Gasteiger partial charge in [0.1, 0.15) is 5.76 Å². The summed E-state index contributed by atoms with van der Waals surface area (Å²) in [7, 11) is -3.95. The summed E-state index contributed by atoms with van der Waals surface area (Å²) in [5.41, 5.74) is 0. The summed E-state index contributed by atoms with van der Waals surface area (Å²) in [5, 5.41) is 0. The maximum absolute atomic E-state index is 10.6. The Hall–Kier alpha value is -0.750. The third kappa shape index (κ3) is 2.09. The minimum absolute atomic E-state index is 0.0737. The lowest BCUT2D eigenvalue weighted by Gasteiger charge is -2.12. The summed E-state index contributed by atoms with van der Waals surface area (Å²) in [5.74, 6) is -0.963. The van der Waals surface area contributed by atoms with E-state index in [0.29, 0.717) is 0 Å². The van der Waals surface area contributed by atoms with E-state index in [1.807, 2.05) is 0 Å². The van der Waals surface area contributed by atoms with Gasteiger partial charge in [-0.1, -0.05) is 0 Å². The van der Waals surface area contributed by atoms with Crippen molar-refractivity contribution < 1.29 is 17.4 Å². The van der Waals surface area contributed by atoms with Gasteiger partial charge in [-0.15, -0.1) is 11.6 Å². The fourth-order valence-corrected chi connectivity index (χ4v) is 1.48. The molecule has 1 amide bonds. The van der Waals surface area contributed by atoms with E-state index >= 15 is 0 Å². The SMILES string of the molecule is O=C1C=C(CCl)OS(=O)(=O)N1. The number of rotatable bonds is 1. The second-order valence-electron chi connectivity index (χ2n) is 1.75. The van der Waals surface area contributed by atoms with Crippen molar-refractivity contribution in [2.24, 2.45) is 0 Å². The Morgan fingerprint density at radius 3 is 2.73 bits per heavy atom. The van der Waals surface area contributed by atoms with Crippen molar-refractivity contribution in [2.45, 2.75) is 0 Å². The van der Waals surface area contributed by atoms with Crippen LogP contribution in [0.4, 0.5) is 0 Å². The quantitative estimate of drug-likeness (QED) is 0.576. The molecule has 0 atom stereocenters. The normalized spacial score (nSPS) is 21.5. The molecule has 0 radical (unpaired) electrons. The van der Waals surface area contributed by atoms with E-state index in [1.54, 1.807) is 4.72 Å². The van der Waals surface area contributed by atoms with Gasteiger partial charge in [-0.2, -0.15) is 8.42 Å². The zero-order valence-corrected chi connectivity index (χ0v) is 6.78. The number of hydrogen-bond donors (Lipinski definition) is 1. The van der Waals surface area contributed by atoms with Crippen LogP contribution in [0.25, 0.3) is 0 Å². The summed E-state index contributed by atoms with van der Waals surface area (Å²) in [6.07, 6.45) is 0.980. The molecule has 1 rings (SSSR count). The van der Waals surface area contributed by atoms with E-state index in [1.165, 1.54) is 0 Å². The summed E-state index contributed by atoms with van der Waals surface area (Å²) in [6.45, 7) is 0. The van der Waals surface area contributed by atoms with Gasteiger partial charge in [-0.05, 0) is 0 Å². The molecule has 0 aromatic carbocycles. The van der Waals surface area contributed by atoms with Crippen LogP contribution in [0.15, 0.2) is 11.8 Å². The number of carbonyl (C=O) groups excluding carboxylic acids is 1. The van der Waals surface area contributed by atoms with Gasteiger partial charge in [-0.25, -0.2) is 4.72 Å². The molecular weight excluding hydrogens is 194 g/mol. The second-order valence-corrected chi connectivity index (χ2v) is 3.29. The average molecular weight is 198 g/mol. The van der Waals surface area contributed by atoms with E-state index in [2.05, 4.69) is 4.18 Å². The number of halogens is 1. The smallest absolute Gasteiger partial charge is 0.370 e. The lowest BCUT2D eigenvalue weighted by atomic mass is 10.5. The van der Waals surface area contributed by atoms with Crippen LogP contribution in [-0.4, -0.2) is 20.2 Å². The van der Waals surface area contributed by atoms with Crippen molar-refractivity contribution >= 4 is 27.8 Å². The Kier molecular flexibility index (Phi) is 2.05. The van der Waals surface area contributed by atoms with E-state index < -0.39 is 16.2 Å². The Labute approximate surface area is 68.2 Å². The van der Waals surface area contributed by atoms with Gasteiger partial charge in [0.25, 0.3) is 5.91 Å². The average Bonchev–Trinajstić information content (AvgIpc) is 1.83. The van der Waals surface area contributed by atoms with E-state index in [4.69, 9.17) is 11.6 Å². The van der Waals surface area contributed by atoms with Gasteiger partial charge in [-0.3, -0.25) is 4.79 Å². The maximum atomic E-state index is 10.6. The molecule has 0 unspecified atom stereocenters. The Morgan fingerprint density at radius 1 is 1.64 bits per heavy atom. The molecule has 0 saturated carbocycles. The molecule has 1 aliphatic heterocycles. The van der Waals surface area contributed by atoms with Crippen LogP contribution in [-0.2, 0) is 19.3 Å². The lowest BCUT2D eigenvalue weighted by molar-refractivity contribution is -0.115. The molecule has 1 aliphatic rings. The summed E-state index contributed by atoms with van der Waals surface area (Å²) in [4.78, 5) is 10.5. The van der Waals surface area contributed by atoms with E-state index in [9.17, 15) is 13.2 Å². The highest BCUT2D eigenvalue weighted by Gasteiger charge is 2.22. The molecule has 0 fully saturated rings. The molecule has 0 aromatic heterocycles. The molecule has 0 saturated heterocycles. The molecule has 0 aromatic rings. The second kappa shape index (κ2) is 2.71. The van der Waals surface area contributed by atoms with Gasteiger partial charge in [0, 0.05) is 6.08 Å². The van der Waals surface area contributed by atoms with Crippen molar-refractivity contribution in [3.8, 4) is 0 Å². The van der Waals surface area contributed by atoms with Gasteiger partial charge < -0.3 is 4.18 Å². The molecule has 0 aliphatic carbocycles. The van der Waals surface area contributed by atoms with Crippen LogP contribution >= 0.6 is 11.6 Å². The van der Waals surface area contributed by atoms with Gasteiger partial charge in [0.2, 0.25) is 0 Å². The Balaban J connectivity index is 2.96. The molecule has 0 spiro atoms. The first-order valence-corrected chi connectivity index (χ1v) is 4.50. The first-order valence-electron chi connectivity index (χ1n) is 2.56. The first-order chi connectivity index (χ1) is 5.03. The molecule has 1 N–H and O–H groups in total. The summed E-state index contributed by atoms with van der Waals surface area (Å²) < 4.78 is 27.0.